The van der Waals surface area contributed by atoms with Crippen LogP contribution in [0.5, 0.6) is 0 Å². The van der Waals surface area contributed by atoms with Gasteiger partial charge in [-0.25, -0.2) is 4.39 Å². The maximum atomic E-state index is 13.0. The van der Waals surface area contributed by atoms with Gasteiger partial charge in [0.2, 0.25) is 0 Å². The predicted molar refractivity (Wildman–Crippen MR) is 55.1 cm³/mol. The van der Waals surface area contributed by atoms with Crippen molar-refractivity contribution in [3.8, 4) is 6.07 Å². The average molecular weight is 226 g/mol. The van der Waals surface area contributed by atoms with Crippen molar-refractivity contribution in [2.75, 3.05) is 0 Å². The Morgan fingerprint density at radius 1 is 1.67 bits per heavy atom. The molecule has 0 bridgehead atoms. The van der Waals surface area contributed by atoms with Crippen molar-refractivity contribution in [2.24, 2.45) is 5.92 Å². The second-order valence-electron chi connectivity index (χ2n) is 3.29. The number of benzene rings is 1. The van der Waals surface area contributed by atoms with E-state index in [-0.39, 0.29) is 28.7 Å². The SMILES string of the molecule is CC(C#N)CC(=O)c1ccc(Cl)c(F)c1. The summed E-state index contributed by atoms with van der Waals surface area (Å²) < 4.78 is 13.0. The van der Waals surface area contributed by atoms with Gasteiger partial charge in [-0.2, -0.15) is 5.26 Å². The van der Waals surface area contributed by atoms with Crippen LogP contribution >= 0.6 is 11.6 Å². The number of Topliss-reactive ketones (excluding diaryl/α,β-unsaturated/α-hetero) is 1. The molecule has 0 aliphatic rings. The molecule has 0 saturated carbocycles. The van der Waals surface area contributed by atoms with Gasteiger partial charge >= 0.3 is 0 Å². The van der Waals surface area contributed by atoms with Crippen LogP contribution in [0.25, 0.3) is 0 Å². The van der Waals surface area contributed by atoms with E-state index in [1.54, 1.807) is 6.92 Å². The van der Waals surface area contributed by atoms with Crippen LogP contribution in [0.4, 0.5) is 4.39 Å². The zero-order chi connectivity index (χ0) is 11.4. The lowest BCUT2D eigenvalue weighted by atomic mass is 10.0. The Morgan fingerprint density at radius 3 is 2.87 bits per heavy atom. The first-order valence-electron chi connectivity index (χ1n) is 4.42. The highest BCUT2D eigenvalue weighted by molar-refractivity contribution is 6.30. The van der Waals surface area contributed by atoms with Crippen molar-refractivity contribution < 1.29 is 9.18 Å². The molecular formula is C11H9ClFNO. The Labute approximate surface area is 92.3 Å². The van der Waals surface area contributed by atoms with Crippen LogP contribution < -0.4 is 0 Å². The van der Waals surface area contributed by atoms with E-state index in [2.05, 4.69) is 0 Å². The van der Waals surface area contributed by atoms with E-state index < -0.39 is 5.82 Å². The number of nitriles is 1. The van der Waals surface area contributed by atoms with Crippen LogP contribution in [0.2, 0.25) is 5.02 Å². The molecular weight excluding hydrogens is 217 g/mol. The van der Waals surface area contributed by atoms with Crippen LogP contribution in [0.15, 0.2) is 18.2 Å². The molecule has 0 aliphatic heterocycles. The monoisotopic (exact) mass is 225 g/mol. The summed E-state index contributed by atoms with van der Waals surface area (Å²) in [5, 5.41) is 8.52. The summed E-state index contributed by atoms with van der Waals surface area (Å²) in [6.07, 6.45) is 0.0948. The number of carbonyl (C=O) groups excluding carboxylic acids is 1. The fourth-order valence-corrected chi connectivity index (χ4v) is 1.23. The molecule has 1 aromatic carbocycles. The molecule has 0 heterocycles. The van der Waals surface area contributed by atoms with Crippen molar-refractivity contribution in [3.63, 3.8) is 0 Å². The molecule has 0 aromatic heterocycles. The van der Waals surface area contributed by atoms with Crippen LogP contribution in [-0.2, 0) is 0 Å². The lowest BCUT2D eigenvalue weighted by Gasteiger charge is -2.02. The van der Waals surface area contributed by atoms with Crippen molar-refractivity contribution in [3.05, 3.63) is 34.6 Å². The van der Waals surface area contributed by atoms with Gasteiger partial charge in [0.25, 0.3) is 0 Å². The molecule has 0 spiro atoms. The molecule has 1 atom stereocenters. The first-order valence-corrected chi connectivity index (χ1v) is 4.80. The zero-order valence-electron chi connectivity index (χ0n) is 8.13. The van der Waals surface area contributed by atoms with Crippen molar-refractivity contribution in [1.29, 1.82) is 5.26 Å². The van der Waals surface area contributed by atoms with Crippen molar-refractivity contribution in [1.82, 2.24) is 0 Å². The molecule has 0 radical (unpaired) electrons. The molecule has 0 aliphatic carbocycles. The minimum Gasteiger partial charge on any atom is -0.294 e. The molecule has 15 heavy (non-hydrogen) atoms. The van der Waals surface area contributed by atoms with Gasteiger partial charge in [0, 0.05) is 12.0 Å². The smallest absolute Gasteiger partial charge is 0.164 e. The quantitative estimate of drug-likeness (QED) is 0.741. The molecule has 0 saturated heterocycles. The van der Waals surface area contributed by atoms with Gasteiger partial charge in [-0.15, -0.1) is 0 Å². The second kappa shape index (κ2) is 4.90. The minimum atomic E-state index is -0.618. The number of ketones is 1. The Bertz CT molecular complexity index is 425. The molecule has 1 rings (SSSR count). The van der Waals surface area contributed by atoms with E-state index in [9.17, 15) is 9.18 Å². The second-order valence-corrected chi connectivity index (χ2v) is 3.69. The normalized spacial score (nSPS) is 11.9. The largest absolute Gasteiger partial charge is 0.294 e. The highest BCUT2D eigenvalue weighted by Crippen LogP contribution is 2.17. The summed E-state index contributed by atoms with van der Waals surface area (Å²) in [6, 6.07) is 5.83. The van der Waals surface area contributed by atoms with Crippen LogP contribution in [0.3, 0.4) is 0 Å². The third kappa shape index (κ3) is 3.03. The molecule has 1 aromatic rings. The molecule has 1 unspecified atom stereocenters. The Balaban J connectivity index is 2.84. The Hall–Kier alpha value is -1.40. The van der Waals surface area contributed by atoms with E-state index in [1.165, 1.54) is 12.1 Å². The fraction of sp³-hybridized carbons (Fsp3) is 0.273. The van der Waals surface area contributed by atoms with Crippen LogP contribution in [0.1, 0.15) is 23.7 Å². The van der Waals surface area contributed by atoms with Crippen molar-refractivity contribution >= 4 is 17.4 Å². The third-order valence-electron chi connectivity index (χ3n) is 1.95. The molecule has 0 amide bonds. The van der Waals surface area contributed by atoms with Gasteiger partial charge in [-0.3, -0.25) is 4.79 Å². The number of halogens is 2. The number of hydrogen-bond acceptors (Lipinski definition) is 2. The highest BCUT2D eigenvalue weighted by atomic mass is 35.5. The third-order valence-corrected chi connectivity index (χ3v) is 2.26. The van der Waals surface area contributed by atoms with E-state index in [1.807, 2.05) is 6.07 Å². The molecule has 2 nitrogen and oxygen atoms in total. The molecule has 4 heteroatoms. The van der Waals surface area contributed by atoms with E-state index in [0.29, 0.717) is 0 Å². The summed E-state index contributed by atoms with van der Waals surface area (Å²) in [6.45, 7) is 1.64. The first-order chi connectivity index (χ1) is 7.04. The summed E-state index contributed by atoms with van der Waals surface area (Å²) in [4.78, 5) is 11.5. The highest BCUT2D eigenvalue weighted by Gasteiger charge is 2.12. The van der Waals surface area contributed by atoms with Crippen molar-refractivity contribution in [2.45, 2.75) is 13.3 Å². The average Bonchev–Trinajstić information content (AvgIpc) is 2.21. The Morgan fingerprint density at radius 2 is 2.33 bits per heavy atom. The number of nitrogens with zero attached hydrogens (tertiary/aromatic N) is 1. The summed E-state index contributed by atoms with van der Waals surface area (Å²) in [5.41, 5.74) is 0.249. The predicted octanol–water partition coefficient (Wildman–Crippen LogP) is 3.21. The van der Waals surface area contributed by atoms with E-state index in [4.69, 9.17) is 16.9 Å². The van der Waals surface area contributed by atoms with Gasteiger partial charge in [-0.1, -0.05) is 11.6 Å². The molecule has 0 fully saturated rings. The number of hydrogen-bond donors (Lipinski definition) is 0. The van der Waals surface area contributed by atoms with E-state index >= 15 is 0 Å². The maximum absolute atomic E-state index is 13.0. The standard InChI is InChI=1S/C11H9ClFNO/c1-7(6-14)4-11(15)8-2-3-9(12)10(13)5-8/h2-3,5,7H,4H2,1H3. The number of rotatable bonds is 3. The van der Waals surface area contributed by atoms with Gasteiger partial charge in [0.15, 0.2) is 5.78 Å². The van der Waals surface area contributed by atoms with Gasteiger partial charge < -0.3 is 0 Å². The molecule has 0 N–H and O–H groups in total. The first kappa shape index (κ1) is 11.7. The van der Waals surface area contributed by atoms with Gasteiger partial charge in [-0.05, 0) is 25.1 Å². The lowest BCUT2D eigenvalue weighted by molar-refractivity contribution is 0.0972. The molecule has 78 valence electrons. The minimum absolute atomic E-state index is 0.0140. The topological polar surface area (TPSA) is 40.9 Å². The van der Waals surface area contributed by atoms with Crippen LogP contribution in [0, 0.1) is 23.1 Å². The lowest BCUT2D eigenvalue weighted by Crippen LogP contribution is -2.04. The summed E-state index contributed by atoms with van der Waals surface area (Å²) in [5.74, 6) is -1.23. The van der Waals surface area contributed by atoms with Gasteiger partial charge in [0.1, 0.15) is 5.82 Å². The van der Waals surface area contributed by atoms with Crippen LogP contribution in [-0.4, -0.2) is 5.78 Å². The summed E-state index contributed by atoms with van der Waals surface area (Å²) >= 11 is 5.48. The fourth-order valence-electron chi connectivity index (χ4n) is 1.11. The summed E-state index contributed by atoms with van der Waals surface area (Å²) in [7, 11) is 0. The number of carbonyl (C=O) groups is 1. The Kier molecular flexibility index (Phi) is 3.81. The van der Waals surface area contributed by atoms with Gasteiger partial charge in [0.05, 0.1) is 17.0 Å². The zero-order valence-corrected chi connectivity index (χ0v) is 8.88. The van der Waals surface area contributed by atoms with E-state index in [0.717, 1.165) is 6.07 Å². The maximum Gasteiger partial charge on any atom is 0.164 e.